The largest absolute Gasteiger partial charge is 0.507 e. The summed E-state index contributed by atoms with van der Waals surface area (Å²) in [6.45, 7) is 0.480. The van der Waals surface area contributed by atoms with Crippen molar-refractivity contribution in [3.05, 3.63) is 48.0 Å². The summed E-state index contributed by atoms with van der Waals surface area (Å²) in [6, 6.07) is 12.9. The van der Waals surface area contributed by atoms with Crippen LogP contribution in [-0.2, 0) is 6.42 Å². The highest BCUT2D eigenvalue weighted by atomic mass is 32.1. The lowest BCUT2D eigenvalue weighted by atomic mass is 9.95. The number of azo groups is 1. The van der Waals surface area contributed by atoms with E-state index in [0.29, 0.717) is 29.2 Å². The van der Waals surface area contributed by atoms with Gasteiger partial charge in [0.25, 0.3) is 0 Å². The fourth-order valence-electron chi connectivity index (χ4n) is 3.65. The fourth-order valence-corrected chi connectivity index (χ4v) is 4.47. The Morgan fingerprint density at radius 1 is 1.21 bits per heavy atom. The van der Waals surface area contributed by atoms with Crippen molar-refractivity contribution in [1.82, 2.24) is 4.98 Å². The first-order valence-electron chi connectivity index (χ1n) is 9.18. The molecule has 0 radical (unpaired) electrons. The van der Waals surface area contributed by atoms with Crippen molar-refractivity contribution in [2.75, 3.05) is 19.0 Å². The Morgan fingerprint density at radius 3 is 2.97 bits per heavy atom. The van der Waals surface area contributed by atoms with Gasteiger partial charge in [-0.05, 0) is 35.9 Å². The molecule has 3 N–H and O–H groups in total. The van der Waals surface area contributed by atoms with Crippen LogP contribution in [0.4, 0.5) is 16.5 Å². The number of β-amino-alcohol motifs (C(OH)–C–C–N with tert-alkyl or cyclic N) is 1. The molecule has 0 bridgehead atoms. The molecule has 4 aromatic rings. The SMILES string of the molecule is COc1ccc2nc(N=Nc3cc4c(c5cccc(O)c35)NCC(O)C4)sc2c1. The summed E-state index contributed by atoms with van der Waals surface area (Å²) in [4.78, 5) is 4.49. The zero-order chi connectivity index (χ0) is 20.0. The Morgan fingerprint density at radius 2 is 2.10 bits per heavy atom. The van der Waals surface area contributed by atoms with Gasteiger partial charge in [0.1, 0.15) is 11.5 Å². The fraction of sp³-hybridized carbons (Fsp3) is 0.190. The standard InChI is InChI=1S/C21H18N4O3S/c1-28-13-5-6-15-18(9-13)29-21(23-15)25-24-16-8-11-7-12(26)10-22-20(11)14-3-2-4-17(27)19(14)16/h2-6,8-9,12,22,26-27H,7,10H2,1H3. The van der Waals surface area contributed by atoms with E-state index in [-0.39, 0.29) is 5.75 Å². The third-order valence-corrected chi connectivity index (χ3v) is 5.90. The summed E-state index contributed by atoms with van der Waals surface area (Å²) in [5, 5.41) is 34.5. The quantitative estimate of drug-likeness (QED) is 0.420. The van der Waals surface area contributed by atoms with E-state index in [9.17, 15) is 10.2 Å². The molecular weight excluding hydrogens is 388 g/mol. The number of benzene rings is 3. The maximum Gasteiger partial charge on any atom is 0.231 e. The summed E-state index contributed by atoms with van der Waals surface area (Å²) in [6.07, 6.45) is 0.0680. The number of aromatic hydroxyl groups is 1. The summed E-state index contributed by atoms with van der Waals surface area (Å²) in [5.41, 5.74) is 3.25. The van der Waals surface area contributed by atoms with Crippen LogP contribution < -0.4 is 10.1 Å². The molecule has 29 heavy (non-hydrogen) atoms. The number of aromatic nitrogens is 1. The minimum absolute atomic E-state index is 0.140. The second-order valence-corrected chi connectivity index (χ2v) is 7.91. The van der Waals surface area contributed by atoms with Gasteiger partial charge in [0, 0.05) is 24.0 Å². The van der Waals surface area contributed by atoms with Gasteiger partial charge in [-0.1, -0.05) is 23.5 Å². The lowest BCUT2D eigenvalue weighted by Crippen LogP contribution is -2.27. The summed E-state index contributed by atoms with van der Waals surface area (Å²) < 4.78 is 6.22. The number of thiazole rings is 1. The van der Waals surface area contributed by atoms with E-state index in [2.05, 4.69) is 20.5 Å². The molecule has 0 spiro atoms. The number of nitrogens with zero attached hydrogens (tertiary/aromatic N) is 3. The third kappa shape index (κ3) is 3.16. The normalized spacial score (nSPS) is 16.3. The van der Waals surface area contributed by atoms with Crippen LogP contribution in [0, 0.1) is 0 Å². The number of ether oxygens (including phenoxy) is 1. The lowest BCUT2D eigenvalue weighted by Gasteiger charge is -2.24. The third-order valence-electron chi connectivity index (χ3n) is 5.00. The van der Waals surface area contributed by atoms with E-state index in [1.807, 2.05) is 30.3 Å². The number of fused-ring (bicyclic) bond motifs is 4. The summed E-state index contributed by atoms with van der Waals surface area (Å²) in [5.74, 6) is 0.905. The molecule has 0 saturated heterocycles. The Kier molecular flexibility index (Phi) is 4.30. The maximum atomic E-state index is 10.5. The highest BCUT2D eigenvalue weighted by Gasteiger charge is 2.21. The van der Waals surface area contributed by atoms with Crippen LogP contribution in [0.2, 0.25) is 0 Å². The monoisotopic (exact) mass is 406 g/mol. The number of rotatable bonds is 3. The smallest absolute Gasteiger partial charge is 0.231 e. The second kappa shape index (κ2) is 6.98. The molecule has 1 aliphatic heterocycles. The molecule has 0 amide bonds. The summed E-state index contributed by atoms with van der Waals surface area (Å²) in [7, 11) is 1.63. The topological polar surface area (TPSA) is 99.3 Å². The van der Waals surface area contributed by atoms with Crippen LogP contribution in [0.3, 0.4) is 0 Å². The van der Waals surface area contributed by atoms with E-state index >= 15 is 0 Å². The van der Waals surface area contributed by atoms with Crippen molar-refractivity contribution in [2.45, 2.75) is 12.5 Å². The molecule has 8 heteroatoms. The molecule has 3 aromatic carbocycles. The Bertz CT molecular complexity index is 1270. The molecule has 5 rings (SSSR count). The van der Waals surface area contributed by atoms with E-state index in [1.54, 1.807) is 19.2 Å². The molecule has 7 nitrogen and oxygen atoms in total. The van der Waals surface area contributed by atoms with Gasteiger partial charge in [-0.25, -0.2) is 4.98 Å². The Labute approximate surface area is 170 Å². The average molecular weight is 406 g/mol. The maximum absolute atomic E-state index is 10.5. The molecule has 1 aliphatic rings. The average Bonchev–Trinajstić information content (AvgIpc) is 3.13. The van der Waals surface area contributed by atoms with Gasteiger partial charge in [0.15, 0.2) is 0 Å². The van der Waals surface area contributed by atoms with Crippen LogP contribution in [0.15, 0.2) is 52.7 Å². The molecule has 0 fully saturated rings. The molecule has 1 atom stereocenters. The van der Waals surface area contributed by atoms with Gasteiger partial charge in [0.2, 0.25) is 5.13 Å². The number of phenols is 1. The van der Waals surface area contributed by atoms with Crippen molar-refractivity contribution < 1.29 is 14.9 Å². The number of phenolic OH excluding ortho intramolecular Hbond substituents is 1. The van der Waals surface area contributed by atoms with Crippen LogP contribution in [0.5, 0.6) is 11.5 Å². The van der Waals surface area contributed by atoms with Gasteiger partial charge in [-0.3, -0.25) is 0 Å². The molecular formula is C21H18N4O3S. The van der Waals surface area contributed by atoms with Crippen molar-refractivity contribution in [1.29, 1.82) is 0 Å². The first-order valence-corrected chi connectivity index (χ1v) is 10.00. The molecule has 2 heterocycles. The van der Waals surface area contributed by atoms with E-state index < -0.39 is 6.10 Å². The van der Waals surface area contributed by atoms with Crippen LogP contribution in [0.1, 0.15) is 5.56 Å². The number of hydrogen-bond donors (Lipinski definition) is 3. The van der Waals surface area contributed by atoms with Gasteiger partial charge in [-0.15, -0.1) is 10.2 Å². The first kappa shape index (κ1) is 17.8. The summed E-state index contributed by atoms with van der Waals surface area (Å²) >= 11 is 1.42. The van der Waals surface area contributed by atoms with Crippen molar-refractivity contribution in [2.24, 2.45) is 10.2 Å². The van der Waals surface area contributed by atoms with Crippen LogP contribution in [0.25, 0.3) is 21.0 Å². The van der Waals surface area contributed by atoms with E-state index in [0.717, 1.165) is 32.6 Å². The number of anilines is 1. The Hall–Kier alpha value is -3.23. The van der Waals surface area contributed by atoms with Gasteiger partial charge in [0.05, 0.1) is 34.5 Å². The zero-order valence-corrected chi connectivity index (χ0v) is 16.4. The number of hydrogen-bond acceptors (Lipinski definition) is 8. The predicted molar refractivity (Wildman–Crippen MR) is 114 cm³/mol. The molecule has 1 aromatic heterocycles. The highest BCUT2D eigenvalue weighted by Crippen LogP contribution is 2.42. The minimum Gasteiger partial charge on any atom is -0.507 e. The van der Waals surface area contributed by atoms with Crippen LogP contribution >= 0.6 is 11.3 Å². The minimum atomic E-state index is -0.457. The Balaban J connectivity index is 1.61. The first-order chi connectivity index (χ1) is 14.1. The highest BCUT2D eigenvalue weighted by molar-refractivity contribution is 7.21. The lowest BCUT2D eigenvalue weighted by molar-refractivity contribution is 0.185. The number of nitrogens with one attached hydrogen (secondary N) is 1. The predicted octanol–water partition coefficient (Wildman–Crippen LogP) is 4.91. The zero-order valence-electron chi connectivity index (χ0n) is 15.6. The second-order valence-electron chi connectivity index (χ2n) is 6.90. The van der Waals surface area contributed by atoms with E-state index in [1.165, 1.54) is 11.3 Å². The van der Waals surface area contributed by atoms with E-state index in [4.69, 9.17) is 4.74 Å². The van der Waals surface area contributed by atoms with Gasteiger partial charge < -0.3 is 20.3 Å². The van der Waals surface area contributed by atoms with Crippen molar-refractivity contribution in [3.63, 3.8) is 0 Å². The van der Waals surface area contributed by atoms with Gasteiger partial charge >= 0.3 is 0 Å². The van der Waals surface area contributed by atoms with Crippen molar-refractivity contribution in [3.8, 4) is 11.5 Å². The van der Waals surface area contributed by atoms with Crippen LogP contribution in [-0.4, -0.2) is 35.0 Å². The molecule has 146 valence electrons. The molecule has 0 aliphatic carbocycles. The van der Waals surface area contributed by atoms with Gasteiger partial charge in [-0.2, -0.15) is 0 Å². The van der Waals surface area contributed by atoms with Crippen molar-refractivity contribution >= 4 is 48.8 Å². The molecule has 1 unspecified atom stereocenters. The number of aliphatic hydroxyl groups is 1. The number of methoxy groups -OCH3 is 1. The number of aliphatic hydroxyl groups excluding tert-OH is 1. The molecule has 0 saturated carbocycles.